The predicted octanol–water partition coefficient (Wildman–Crippen LogP) is 7.37. The molecular weight excluding hydrogens is 382 g/mol. The quantitative estimate of drug-likeness (QED) is 0.240. The van der Waals surface area contributed by atoms with Crippen molar-refractivity contribution in [3.8, 4) is 0 Å². The second-order valence-electron chi connectivity index (χ2n) is 8.47. The summed E-state index contributed by atoms with van der Waals surface area (Å²) in [6.07, 6.45) is 6.14. The van der Waals surface area contributed by atoms with E-state index < -0.39 is 23.5 Å². The topological polar surface area (TPSA) is 9.23 Å². The van der Waals surface area contributed by atoms with Crippen LogP contribution in [0.25, 0.3) is 0 Å². The Balaban J connectivity index is 2.14. The first-order chi connectivity index (χ1) is 12.9. The molecular formula is C22H40F2OS2. The minimum Gasteiger partial charge on any atom is -0.366 e. The molecule has 2 aliphatic rings. The molecule has 0 amide bonds. The second kappa shape index (κ2) is 11.1. The number of unbranched alkanes of at least 4 members (excludes halogenated alkanes) is 2. The fraction of sp³-hybridized carbons (Fsp3) is 1.00. The summed E-state index contributed by atoms with van der Waals surface area (Å²) in [6.45, 7) is 8.49. The summed E-state index contributed by atoms with van der Waals surface area (Å²) in [4.78, 5) is 0. The molecule has 5 heteroatoms. The van der Waals surface area contributed by atoms with Crippen molar-refractivity contribution in [1.29, 1.82) is 0 Å². The molecule has 2 saturated heterocycles. The Labute approximate surface area is 174 Å². The van der Waals surface area contributed by atoms with Gasteiger partial charge in [-0.25, -0.2) is 8.78 Å². The molecule has 0 aliphatic carbocycles. The van der Waals surface area contributed by atoms with Crippen LogP contribution in [0.4, 0.5) is 8.78 Å². The Bertz CT molecular complexity index is 393. The van der Waals surface area contributed by atoms with Gasteiger partial charge in [0, 0.05) is 34.8 Å². The Morgan fingerprint density at radius 1 is 0.815 bits per heavy atom. The molecule has 1 nitrogen and oxygen atoms in total. The first-order valence-corrected chi connectivity index (χ1v) is 13.3. The van der Waals surface area contributed by atoms with Gasteiger partial charge in [0.25, 0.3) is 0 Å². The predicted molar refractivity (Wildman–Crippen MR) is 118 cm³/mol. The van der Waals surface area contributed by atoms with Gasteiger partial charge in [0.2, 0.25) is 0 Å². The van der Waals surface area contributed by atoms with Crippen LogP contribution in [0.15, 0.2) is 0 Å². The summed E-state index contributed by atoms with van der Waals surface area (Å²) in [6, 6.07) is 0. The van der Waals surface area contributed by atoms with Gasteiger partial charge in [-0.05, 0) is 25.7 Å². The van der Waals surface area contributed by atoms with Crippen molar-refractivity contribution in [3.05, 3.63) is 0 Å². The highest BCUT2D eigenvalue weighted by atomic mass is 32.2. The molecule has 6 atom stereocenters. The summed E-state index contributed by atoms with van der Waals surface area (Å²) in [5, 5.41) is 0.761. The fourth-order valence-electron chi connectivity index (χ4n) is 4.28. The second-order valence-corrected chi connectivity index (χ2v) is 10.9. The minimum absolute atomic E-state index is 0.380. The van der Waals surface area contributed by atoms with E-state index in [4.69, 9.17) is 4.74 Å². The molecule has 27 heavy (non-hydrogen) atoms. The van der Waals surface area contributed by atoms with Crippen LogP contribution >= 0.6 is 23.5 Å². The van der Waals surface area contributed by atoms with E-state index in [0.717, 1.165) is 50.0 Å². The molecule has 2 aliphatic heterocycles. The van der Waals surface area contributed by atoms with E-state index in [1.807, 2.05) is 23.5 Å². The van der Waals surface area contributed by atoms with Crippen LogP contribution in [-0.2, 0) is 4.74 Å². The lowest BCUT2D eigenvalue weighted by molar-refractivity contribution is -0.172. The summed E-state index contributed by atoms with van der Waals surface area (Å²) in [5.74, 6) is 2.11. The van der Waals surface area contributed by atoms with E-state index in [1.165, 1.54) is 0 Å². The Hall–Kier alpha value is 0.520. The molecule has 0 N–H and O–H groups in total. The summed E-state index contributed by atoms with van der Waals surface area (Å²) in [7, 11) is 0. The van der Waals surface area contributed by atoms with Crippen LogP contribution in [0.2, 0.25) is 0 Å². The van der Waals surface area contributed by atoms with Gasteiger partial charge in [0.15, 0.2) is 0 Å². The number of ether oxygens (including phenoxy) is 1. The van der Waals surface area contributed by atoms with E-state index in [1.54, 1.807) is 0 Å². The molecule has 2 fully saturated rings. The maximum atomic E-state index is 14.8. The van der Waals surface area contributed by atoms with E-state index in [-0.39, 0.29) is 0 Å². The third-order valence-electron chi connectivity index (χ3n) is 6.32. The number of thioether (sulfide) groups is 2. The SMILES string of the molecule is CCCCC(F)CC(CC)(OC(CC)(CC(F)CCCC)C1CS1)C1CS1. The van der Waals surface area contributed by atoms with Gasteiger partial charge >= 0.3 is 0 Å². The Kier molecular flexibility index (Phi) is 9.75. The minimum atomic E-state index is -0.811. The Morgan fingerprint density at radius 3 is 1.44 bits per heavy atom. The maximum absolute atomic E-state index is 14.8. The zero-order chi connectivity index (χ0) is 19.9. The summed E-state index contributed by atoms with van der Waals surface area (Å²) >= 11 is 3.78. The van der Waals surface area contributed by atoms with Gasteiger partial charge in [0.05, 0.1) is 11.2 Å². The number of hydrogen-bond acceptors (Lipinski definition) is 3. The van der Waals surface area contributed by atoms with Gasteiger partial charge in [-0.15, -0.1) is 0 Å². The molecule has 0 radical (unpaired) electrons. The molecule has 0 spiro atoms. The van der Waals surface area contributed by atoms with Crippen LogP contribution in [0.5, 0.6) is 0 Å². The third-order valence-corrected chi connectivity index (χ3v) is 8.51. The average molecular weight is 423 g/mol. The van der Waals surface area contributed by atoms with E-state index in [0.29, 0.717) is 36.2 Å². The molecule has 0 aromatic rings. The molecule has 0 aromatic heterocycles. The van der Waals surface area contributed by atoms with Gasteiger partial charge < -0.3 is 4.74 Å². The van der Waals surface area contributed by atoms with Crippen LogP contribution in [0.3, 0.4) is 0 Å². The number of alkyl halides is 2. The fourth-order valence-corrected chi connectivity index (χ4v) is 6.31. The molecule has 2 rings (SSSR count). The molecule has 0 aromatic carbocycles. The number of rotatable bonds is 16. The Morgan fingerprint density at radius 2 is 1.19 bits per heavy atom. The highest BCUT2D eigenvalue weighted by Crippen LogP contribution is 2.54. The smallest absolute Gasteiger partial charge is 0.103 e. The lowest BCUT2D eigenvalue weighted by Gasteiger charge is -2.45. The maximum Gasteiger partial charge on any atom is 0.103 e. The third kappa shape index (κ3) is 6.77. The van der Waals surface area contributed by atoms with E-state index in [9.17, 15) is 8.78 Å². The van der Waals surface area contributed by atoms with Crippen molar-refractivity contribution in [2.75, 3.05) is 11.5 Å². The highest BCUT2D eigenvalue weighted by molar-refractivity contribution is 8.07. The van der Waals surface area contributed by atoms with Gasteiger partial charge in [-0.1, -0.05) is 53.4 Å². The largest absolute Gasteiger partial charge is 0.366 e. The monoisotopic (exact) mass is 422 g/mol. The van der Waals surface area contributed by atoms with E-state index >= 15 is 0 Å². The molecule has 0 bridgehead atoms. The number of halogens is 2. The van der Waals surface area contributed by atoms with Crippen LogP contribution in [0.1, 0.15) is 91.9 Å². The van der Waals surface area contributed by atoms with Gasteiger partial charge in [-0.2, -0.15) is 23.5 Å². The van der Waals surface area contributed by atoms with Crippen LogP contribution < -0.4 is 0 Å². The number of hydrogen-bond donors (Lipinski definition) is 0. The zero-order valence-electron chi connectivity index (χ0n) is 17.8. The summed E-state index contributed by atoms with van der Waals surface area (Å²) < 4.78 is 36.6. The van der Waals surface area contributed by atoms with Crippen molar-refractivity contribution in [2.24, 2.45) is 0 Å². The first kappa shape index (κ1) is 23.8. The normalized spacial score (nSPS) is 28.2. The summed E-state index contributed by atoms with van der Waals surface area (Å²) in [5.41, 5.74) is -0.858. The molecule has 0 saturated carbocycles. The first-order valence-electron chi connectivity index (χ1n) is 11.2. The molecule has 160 valence electrons. The lowest BCUT2D eigenvalue weighted by atomic mass is 9.84. The van der Waals surface area contributed by atoms with Crippen molar-refractivity contribution in [1.82, 2.24) is 0 Å². The van der Waals surface area contributed by atoms with E-state index in [2.05, 4.69) is 27.7 Å². The van der Waals surface area contributed by atoms with Crippen molar-refractivity contribution in [3.63, 3.8) is 0 Å². The molecule has 2 heterocycles. The van der Waals surface area contributed by atoms with Gasteiger partial charge in [-0.3, -0.25) is 0 Å². The van der Waals surface area contributed by atoms with Crippen LogP contribution in [-0.4, -0.2) is 45.6 Å². The lowest BCUT2D eigenvalue weighted by Crippen LogP contribution is -2.52. The van der Waals surface area contributed by atoms with Crippen molar-refractivity contribution < 1.29 is 13.5 Å². The standard InChI is InChI=1S/C22H40F2OS2/c1-5-9-11-17(23)13-21(7-3,19-15-26-19)25-22(8-4,20-16-27-20)14-18(24)12-10-6-2/h17-20H,5-16H2,1-4H3. The van der Waals surface area contributed by atoms with Crippen LogP contribution in [0, 0.1) is 0 Å². The zero-order valence-corrected chi connectivity index (χ0v) is 19.4. The average Bonchev–Trinajstić information content (AvgIpc) is 3.54. The van der Waals surface area contributed by atoms with Crippen molar-refractivity contribution in [2.45, 2.75) is 126 Å². The van der Waals surface area contributed by atoms with Crippen molar-refractivity contribution >= 4 is 23.5 Å². The molecule has 6 unspecified atom stereocenters. The highest BCUT2D eigenvalue weighted by Gasteiger charge is 2.56. The van der Waals surface area contributed by atoms with Gasteiger partial charge in [0.1, 0.15) is 12.3 Å².